The van der Waals surface area contributed by atoms with Gasteiger partial charge in [-0.05, 0) is 60.7 Å². The lowest BCUT2D eigenvalue weighted by Gasteiger charge is -2.31. The summed E-state index contributed by atoms with van der Waals surface area (Å²) in [7, 11) is 3.42. The summed E-state index contributed by atoms with van der Waals surface area (Å²) in [5, 5.41) is 1.18. The van der Waals surface area contributed by atoms with Gasteiger partial charge in [-0.2, -0.15) is 0 Å². The number of methoxy groups -OCH3 is 2. The number of para-hydroxylation sites is 1. The van der Waals surface area contributed by atoms with Gasteiger partial charge < -0.3 is 19.4 Å². The van der Waals surface area contributed by atoms with E-state index in [9.17, 15) is 4.79 Å². The van der Waals surface area contributed by atoms with Crippen LogP contribution in [0.3, 0.4) is 0 Å². The lowest BCUT2D eigenvalue weighted by atomic mass is 10.00. The van der Waals surface area contributed by atoms with E-state index in [0.29, 0.717) is 12.8 Å². The minimum absolute atomic E-state index is 0.227. The highest BCUT2D eigenvalue weighted by molar-refractivity contribution is 5.91. The molecule has 2 aromatic carbocycles. The Morgan fingerprint density at radius 2 is 1.79 bits per heavy atom. The fourth-order valence-corrected chi connectivity index (χ4v) is 4.19. The number of carbonyl (C=O) groups excluding carboxylic acids is 1. The zero-order chi connectivity index (χ0) is 20.2. The molecule has 1 aliphatic heterocycles. The first-order chi connectivity index (χ1) is 14.2. The van der Waals surface area contributed by atoms with Crippen LogP contribution in [0.5, 0.6) is 5.75 Å². The molecule has 0 radical (unpaired) electrons. The maximum Gasteiger partial charge on any atom is 0.222 e. The molecule has 1 aliphatic rings. The van der Waals surface area contributed by atoms with Gasteiger partial charge in [0.05, 0.1) is 13.2 Å². The third-order valence-electron chi connectivity index (χ3n) is 5.91. The van der Waals surface area contributed by atoms with Gasteiger partial charge >= 0.3 is 0 Å². The van der Waals surface area contributed by atoms with E-state index in [2.05, 4.69) is 35.3 Å². The Balaban J connectivity index is 1.55. The molecule has 3 aromatic rings. The van der Waals surface area contributed by atoms with Crippen LogP contribution in [0.4, 0.5) is 0 Å². The molecule has 29 heavy (non-hydrogen) atoms. The molecule has 0 bridgehead atoms. The van der Waals surface area contributed by atoms with Crippen molar-refractivity contribution in [2.24, 2.45) is 0 Å². The van der Waals surface area contributed by atoms with Gasteiger partial charge in [0, 0.05) is 43.2 Å². The molecule has 1 amide bonds. The predicted octanol–water partition coefficient (Wildman–Crippen LogP) is 4.41. The summed E-state index contributed by atoms with van der Waals surface area (Å²) < 4.78 is 10.7. The second-order valence-electron chi connectivity index (χ2n) is 7.57. The number of likely N-dealkylation sites (tertiary alicyclic amines) is 1. The molecule has 4 rings (SSSR count). The molecule has 5 heteroatoms. The number of aromatic nitrogens is 1. The quantitative estimate of drug-likeness (QED) is 0.676. The number of benzene rings is 2. The molecule has 152 valence electrons. The highest BCUT2D eigenvalue weighted by Crippen LogP contribution is 2.32. The van der Waals surface area contributed by atoms with Gasteiger partial charge in [0.15, 0.2) is 0 Å². The number of rotatable bonds is 6. The second-order valence-corrected chi connectivity index (χ2v) is 7.57. The van der Waals surface area contributed by atoms with Crippen LogP contribution in [0.25, 0.3) is 22.2 Å². The van der Waals surface area contributed by atoms with Crippen LogP contribution >= 0.6 is 0 Å². The molecule has 0 unspecified atom stereocenters. The highest BCUT2D eigenvalue weighted by atomic mass is 16.5. The smallest absolute Gasteiger partial charge is 0.222 e. The molecule has 1 saturated heterocycles. The summed E-state index contributed by atoms with van der Waals surface area (Å²) in [6, 6.07) is 16.4. The van der Waals surface area contributed by atoms with Crippen molar-refractivity contribution in [3.05, 3.63) is 54.1 Å². The van der Waals surface area contributed by atoms with Gasteiger partial charge in [-0.1, -0.05) is 18.2 Å². The van der Waals surface area contributed by atoms with Crippen molar-refractivity contribution in [3.63, 3.8) is 0 Å². The monoisotopic (exact) mass is 392 g/mol. The van der Waals surface area contributed by atoms with E-state index in [0.717, 1.165) is 48.5 Å². The van der Waals surface area contributed by atoms with Crippen molar-refractivity contribution in [2.75, 3.05) is 27.3 Å². The van der Waals surface area contributed by atoms with E-state index in [1.807, 2.05) is 23.1 Å². The van der Waals surface area contributed by atoms with Crippen LogP contribution in [-0.4, -0.2) is 49.2 Å². The minimum Gasteiger partial charge on any atom is -0.497 e. The van der Waals surface area contributed by atoms with Crippen molar-refractivity contribution in [3.8, 4) is 17.0 Å². The minimum atomic E-state index is 0.227. The Kier molecular flexibility index (Phi) is 5.86. The molecule has 0 atom stereocenters. The van der Waals surface area contributed by atoms with Crippen LogP contribution in [0, 0.1) is 0 Å². The topological polar surface area (TPSA) is 54.6 Å². The first-order valence-electron chi connectivity index (χ1n) is 10.2. The molecule has 0 aliphatic carbocycles. The van der Waals surface area contributed by atoms with E-state index < -0.39 is 0 Å². The van der Waals surface area contributed by atoms with Crippen molar-refractivity contribution in [1.29, 1.82) is 0 Å². The average Bonchev–Trinajstić information content (AvgIpc) is 3.16. The molecule has 1 N–H and O–H groups in total. The summed E-state index contributed by atoms with van der Waals surface area (Å²) in [5.74, 6) is 1.06. The van der Waals surface area contributed by atoms with Gasteiger partial charge in [0.2, 0.25) is 5.91 Å². The van der Waals surface area contributed by atoms with Crippen molar-refractivity contribution >= 4 is 16.8 Å². The van der Waals surface area contributed by atoms with E-state index in [-0.39, 0.29) is 12.0 Å². The number of carbonyl (C=O) groups is 1. The summed E-state index contributed by atoms with van der Waals surface area (Å²) in [6.07, 6.45) is 3.37. The van der Waals surface area contributed by atoms with Crippen molar-refractivity contribution in [1.82, 2.24) is 9.88 Å². The van der Waals surface area contributed by atoms with Gasteiger partial charge in [-0.25, -0.2) is 0 Å². The zero-order valence-corrected chi connectivity index (χ0v) is 17.1. The summed E-state index contributed by atoms with van der Waals surface area (Å²) in [6.45, 7) is 1.58. The zero-order valence-electron chi connectivity index (χ0n) is 17.1. The van der Waals surface area contributed by atoms with E-state index in [4.69, 9.17) is 9.47 Å². The first kappa shape index (κ1) is 19.5. The molecule has 5 nitrogen and oxygen atoms in total. The Morgan fingerprint density at radius 3 is 2.48 bits per heavy atom. The third-order valence-corrected chi connectivity index (χ3v) is 5.91. The van der Waals surface area contributed by atoms with Crippen molar-refractivity contribution < 1.29 is 14.3 Å². The van der Waals surface area contributed by atoms with E-state index in [1.165, 1.54) is 10.9 Å². The second kappa shape index (κ2) is 8.70. The standard InChI is InChI=1S/C24H28N2O3/c1-28-18-9-7-17(8-10-18)24-21(20-5-3-4-6-22(20)25-24)11-12-23(27)26-15-13-19(29-2)14-16-26/h3-10,19,25H,11-16H2,1-2H3. The molecular weight excluding hydrogens is 364 g/mol. The first-order valence-corrected chi connectivity index (χ1v) is 10.2. The van der Waals surface area contributed by atoms with Crippen molar-refractivity contribution in [2.45, 2.75) is 31.8 Å². The lowest BCUT2D eigenvalue weighted by Crippen LogP contribution is -2.40. The summed E-state index contributed by atoms with van der Waals surface area (Å²) >= 11 is 0. The fourth-order valence-electron chi connectivity index (χ4n) is 4.19. The van der Waals surface area contributed by atoms with Gasteiger partial charge in [-0.3, -0.25) is 4.79 Å². The molecule has 1 fully saturated rings. The summed E-state index contributed by atoms with van der Waals surface area (Å²) in [5.41, 5.74) is 4.48. The molecule has 0 saturated carbocycles. The Hall–Kier alpha value is -2.79. The number of piperidine rings is 1. The number of hydrogen-bond donors (Lipinski definition) is 1. The Bertz CT molecular complexity index is 969. The number of ether oxygens (including phenoxy) is 2. The normalized spacial score (nSPS) is 15.0. The van der Waals surface area contributed by atoms with Crippen LogP contribution in [0.2, 0.25) is 0 Å². The number of aryl methyl sites for hydroxylation is 1. The summed E-state index contributed by atoms with van der Waals surface area (Å²) in [4.78, 5) is 18.4. The number of H-pyrrole nitrogens is 1. The van der Waals surface area contributed by atoms with Crippen LogP contribution in [-0.2, 0) is 16.0 Å². The predicted molar refractivity (Wildman–Crippen MR) is 115 cm³/mol. The van der Waals surface area contributed by atoms with E-state index in [1.54, 1.807) is 14.2 Å². The van der Waals surface area contributed by atoms with Gasteiger partial charge in [0.1, 0.15) is 5.75 Å². The van der Waals surface area contributed by atoms with Crippen LogP contribution in [0.1, 0.15) is 24.8 Å². The molecule has 1 aromatic heterocycles. The number of amides is 1. The molecular formula is C24H28N2O3. The maximum atomic E-state index is 12.8. The van der Waals surface area contributed by atoms with Crippen LogP contribution < -0.4 is 4.74 Å². The van der Waals surface area contributed by atoms with Gasteiger partial charge in [0.25, 0.3) is 0 Å². The lowest BCUT2D eigenvalue weighted by molar-refractivity contribution is -0.133. The Morgan fingerprint density at radius 1 is 1.07 bits per heavy atom. The maximum absolute atomic E-state index is 12.8. The largest absolute Gasteiger partial charge is 0.497 e. The number of aromatic amines is 1. The molecule has 2 heterocycles. The van der Waals surface area contributed by atoms with Crippen LogP contribution in [0.15, 0.2) is 48.5 Å². The average molecular weight is 392 g/mol. The SMILES string of the molecule is COc1ccc(-c2[nH]c3ccccc3c2CCC(=O)N2CCC(OC)CC2)cc1. The van der Waals surface area contributed by atoms with E-state index >= 15 is 0 Å². The highest BCUT2D eigenvalue weighted by Gasteiger charge is 2.23. The Labute approximate surface area is 171 Å². The number of nitrogens with zero attached hydrogens (tertiary/aromatic N) is 1. The fraction of sp³-hybridized carbons (Fsp3) is 0.375. The molecule has 0 spiro atoms. The number of fused-ring (bicyclic) bond motifs is 1. The number of nitrogens with one attached hydrogen (secondary N) is 1. The number of hydrogen-bond acceptors (Lipinski definition) is 3. The third kappa shape index (κ3) is 4.15. The van der Waals surface area contributed by atoms with Gasteiger partial charge in [-0.15, -0.1) is 0 Å².